The summed E-state index contributed by atoms with van der Waals surface area (Å²) in [6.45, 7) is 6.11. The normalized spacial score (nSPS) is 29.5. The molecule has 20 heteroatoms. The minimum atomic E-state index is -1.69. The Kier molecular flexibility index (Phi) is 16.7. The van der Waals surface area contributed by atoms with Crippen molar-refractivity contribution in [1.29, 1.82) is 0 Å². The summed E-state index contributed by atoms with van der Waals surface area (Å²) in [6.07, 6.45) is 2.40. The number of nitrogens with one attached hydrogen (secondary N) is 3. The molecule has 0 saturated carbocycles. The number of nitrogens with zero attached hydrogens (tertiary/aromatic N) is 6. The van der Waals surface area contributed by atoms with Gasteiger partial charge in [-0.15, -0.1) is 0 Å². The highest BCUT2D eigenvalue weighted by Crippen LogP contribution is 2.37. The van der Waals surface area contributed by atoms with Gasteiger partial charge in [0.2, 0.25) is 29.5 Å². The summed E-state index contributed by atoms with van der Waals surface area (Å²) in [6, 6.07) is 10.3. The molecular formula is C53H67N9O10S. The monoisotopic (exact) mass is 1020 g/mol. The zero-order chi connectivity index (χ0) is 52.1. The summed E-state index contributed by atoms with van der Waals surface area (Å²) in [5, 5.41) is 18.8. The summed E-state index contributed by atoms with van der Waals surface area (Å²) >= 11 is 1.73. The Morgan fingerprint density at radius 1 is 0.849 bits per heavy atom. The van der Waals surface area contributed by atoms with Gasteiger partial charge in [0.1, 0.15) is 47.8 Å². The molecule has 0 spiro atoms. The Morgan fingerprint density at radius 2 is 1.58 bits per heavy atom. The predicted molar refractivity (Wildman–Crippen MR) is 272 cm³/mol. The number of aromatic nitrogens is 1. The van der Waals surface area contributed by atoms with Crippen molar-refractivity contribution in [2.24, 2.45) is 11.8 Å². The Labute approximate surface area is 430 Å². The molecule has 7 heterocycles. The summed E-state index contributed by atoms with van der Waals surface area (Å²) in [7, 11) is 5.33. The number of benzene rings is 2. The standard InChI is InChI=1S/C53H67N9O10S/c1-6-37-50(68)61-23-11-14-38(61)51(69)59(5)40(26-32-16-18-36(19-17-32)58(3)4)52(70)62-28-35(30-73-43-29-60-24-20-33(43)21-25-60)42(64)27-39(62)47(65)57-45(34-12-8-7-9-13-34)53(71)72-31(2)44(48(66)55-37)56-49(67)46-41(63)15-10-22-54-46/h7-10,12-13,15-19,22,31,33,35,37-40,43-45,63H,6,11,14,20-21,23-30H2,1-5H3,(H,55,66)(H,56,67)(H,57,65)/t31-,35?,37-,38+,39+,40+,43?,44+,45+/m1/s1. The smallest absolute Gasteiger partial charge is 0.333 e. The van der Waals surface area contributed by atoms with Crippen molar-refractivity contribution in [1.82, 2.24) is 40.5 Å². The van der Waals surface area contributed by atoms with Gasteiger partial charge in [-0.05, 0) is 93.4 Å². The molecule has 2 aromatic carbocycles. The highest BCUT2D eigenvalue weighted by molar-refractivity contribution is 8.00. The molecule has 2 bridgehead atoms. The average molecular weight is 1020 g/mol. The number of cyclic esters (lactones) is 1. The topological polar surface area (TPSA) is 231 Å². The Balaban J connectivity index is 1.19. The molecule has 4 N–H and O–H groups in total. The molecule has 9 rings (SSSR count). The number of esters is 1. The van der Waals surface area contributed by atoms with Crippen LogP contribution >= 0.6 is 11.8 Å². The number of fused-ring (bicyclic) bond motifs is 5. The van der Waals surface area contributed by atoms with Gasteiger partial charge in [-0.1, -0.05) is 49.4 Å². The maximum atomic E-state index is 15.7. The van der Waals surface area contributed by atoms with E-state index in [4.69, 9.17) is 4.74 Å². The fraction of sp³-hybridized carbons (Fsp3) is 0.528. The second-order valence-electron chi connectivity index (χ2n) is 20.1. The molecule has 6 aliphatic heterocycles. The number of ketones is 1. The molecule has 0 radical (unpaired) electrons. The Bertz CT molecular complexity index is 2540. The van der Waals surface area contributed by atoms with Crippen molar-refractivity contribution < 1.29 is 48.2 Å². The summed E-state index contributed by atoms with van der Waals surface area (Å²) < 4.78 is 5.97. The van der Waals surface area contributed by atoms with Crippen LogP contribution in [0.1, 0.15) is 80.0 Å². The maximum Gasteiger partial charge on any atom is 0.333 e. The van der Waals surface area contributed by atoms with Gasteiger partial charge in [0.05, 0.1) is 0 Å². The molecule has 0 aliphatic carbocycles. The van der Waals surface area contributed by atoms with E-state index in [-0.39, 0.29) is 50.1 Å². The summed E-state index contributed by atoms with van der Waals surface area (Å²) in [5.74, 6) is -5.83. The number of rotatable bonds is 10. The molecular weight excluding hydrogens is 955 g/mol. The van der Waals surface area contributed by atoms with Gasteiger partial charge in [-0.25, -0.2) is 9.78 Å². The van der Waals surface area contributed by atoms with Gasteiger partial charge in [-0.3, -0.25) is 33.6 Å². The number of amides is 6. The van der Waals surface area contributed by atoms with E-state index in [1.165, 1.54) is 47.0 Å². The SMILES string of the molecule is CC[C@H]1NC(=O)[C@@H](NC(=O)c2ncccc2O)[C@@H](C)OC(=O)[C@H](c2ccccc2)NC(=O)[C@@H]2CC(=O)C(CSC3CN4CCC3CC4)CN2C(=O)[C@H](Cc2ccc(N(C)C)cc2)N(C)C(=O)[C@@H]2CCCN2C1=O. The Morgan fingerprint density at radius 3 is 2.23 bits per heavy atom. The summed E-state index contributed by atoms with van der Waals surface area (Å²) in [5.41, 5.74) is 1.49. The van der Waals surface area contributed by atoms with Crippen molar-refractivity contribution >= 4 is 64.6 Å². The second-order valence-corrected chi connectivity index (χ2v) is 21.4. The van der Waals surface area contributed by atoms with Crippen LogP contribution in [-0.2, 0) is 44.7 Å². The van der Waals surface area contributed by atoms with Crippen molar-refractivity contribution in [2.75, 3.05) is 64.5 Å². The fourth-order valence-electron chi connectivity index (χ4n) is 10.8. The minimum absolute atomic E-state index is 0.0289. The Hall–Kier alpha value is -6.54. The molecule has 2 unspecified atom stereocenters. The van der Waals surface area contributed by atoms with Crippen LogP contribution < -0.4 is 20.9 Å². The van der Waals surface area contributed by atoms with Gasteiger partial charge >= 0.3 is 5.97 Å². The third-order valence-electron chi connectivity index (χ3n) is 15.2. The molecule has 3 aromatic rings. The van der Waals surface area contributed by atoms with Gasteiger partial charge in [0, 0.05) is 82.4 Å². The lowest BCUT2D eigenvalue weighted by Gasteiger charge is -2.45. The van der Waals surface area contributed by atoms with E-state index in [1.807, 2.05) is 43.3 Å². The van der Waals surface area contributed by atoms with Crippen LogP contribution in [0, 0.1) is 11.8 Å². The molecule has 6 saturated heterocycles. The van der Waals surface area contributed by atoms with Crippen LogP contribution in [0.5, 0.6) is 5.75 Å². The van der Waals surface area contributed by atoms with E-state index in [0.717, 1.165) is 43.7 Å². The molecule has 9 atom stereocenters. The number of carbonyl (C=O) groups is 8. The van der Waals surface area contributed by atoms with E-state index < -0.39 is 101 Å². The first kappa shape index (κ1) is 52.8. The van der Waals surface area contributed by atoms with Gasteiger partial charge in [0.25, 0.3) is 5.91 Å². The number of pyridine rings is 1. The molecule has 390 valence electrons. The summed E-state index contributed by atoms with van der Waals surface area (Å²) in [4.78, 5) is 130. The van der Waals surface area contributed by atoms with Gasteiger partial charge in [-0.2, -0.15) is 11.8 Å². The largest absolute Gasteiger partial charge is 0.505 e. The second kappa shape index (κ2) is 23.1. The lowest BCUT2D eigenvalue weighted by atomic mass is 9.88. The number of carbonyl (C=O) groups excluding carboxylic acids is 8. The minimum Gasteiger partial charge on any atom is -0.505 e. The van der Waals surface area contributed by atoms with Gasteiger partial charge < -0.3 is 50.3 Å². The van der Waals surface area contributed by atoms with Crippen LogP contribution in [0.4, 0.5) is 5.69 Å². The van der Waals surface area contributed by atoms with E-state index in [0.29, 0.717) is 23.3 Å². The number of likely N-dealkylation sites (N-methyl/N-ethyl adjacent to an activating group) is 1. The first-order chi connectivity index (χ1) is 35.0. The van der Waals surface area contributed by atoms with E-state index in [9.17, 15) is 29.1 Å². The molecule has 6 aliphatic rings. The fourth-order valence-corrected chi connectivity index (χ4v) is 12.4. The van der Waals surface area contributed by atoms with Crippen LogP contribution in [0.3, 0.4) is 0 Å². The van der Waals surface area contributed by atoms with Crippen molar-refractivity contribution in [3.8, 4) is 5.75 Å². The first-order valence-corrected chi connectivity index (χ1v) is 26.4. The third-order valence-corrected chi connectivity index (χ3v) is 16.7. The van der Waals surface area contributed by atoms with Crippen LogP contribution in [0.15, 0.2) is 72.9 Å². The first-order valence-electron chi connectivity index (χ1n) is 25.3. The molecule has 6 amide bonds. The quantitative estimate of drug-likeness (QED) is 0.214. The number of piperidine rings is 4. The molecule has 19 nitrogen and oxygen atoms in total. The number of anilines is 1. The van der Waals surface area contributed by atoms with Crippen molar-refractivity contribution in [3.63, 3.8) is 0 Å². The van der Waals surface area contributed by atoms with Crippen LogP contribution in [-0.4, -0.2) is 178 Å². The number of thioether (sulfide) groups is 1. The van der Waals surface area contributed by atoms with E-state index in [1.54, 1.807) is 49.0 Å². The molecule has 1 aromatic heterocycles. The zero-order valence-corrected chi connectivity index (χ0v) is 42.9. The number of Topliss-reactive ketones (excluding diaryl/α,β-unsaturated/α-hetero) is 1. The van der Waals surface area contributed by atoms with E-state index >= 15 is 14.4 Å². The highest BCUT2D eigenvalue weighted by Gasteiger charge is 2.48. The van der Waals surface area contributed by atoms with Crippen LogP contribution in [0.2, 0.25) is 0 Å². The predicted octanol–water partition coefficient (Wildman–Crippen LogP) is 2.32. The highest BCUT2D eigenvalue weighted by atomic mass is 32.2. The van der Waals surface area contributed by atoms with Crippen molar-refractivity contribution in [3.05, 3.63) is 89.7 Å². The number of aromatic hydroxyl groups is 1. The van der Waals surface area contributed by atoms with Crippen LogP contribution in [0.25, 0.3) is 0 Å². The number of ether oxygens (including phenoxy) is 1. The zero-order valence-electron chi connectivity index (χ0n) is 42.1. The average Bonchev–Trinajstić information content (AvgIpc) is 3.89. The molecule has 6 fully saturated rings. The lowest BCUT2D eigenvalue weighted by molar-refractivity contribution is -0.157. The third kappa shape index (κ3) is 11.8. The van der Waals surface area contributed by atoms with E-state index in [2.05, 4.69) is 25.8 Å². The number of hydrogen-bond donors (Lipinski definition) is 4. The lowest BCUT2D eigenvalue weighted by Crippen LogP contribution is -2.63. The number of hydrogen-bond acceptors (Lipinski definition) is 14. The van der Waals surface area contributed by atoms with Gasteiger partial charge in [0.15, 0.2) is 11.7 Å². The van der Waals surface area contributed by atoms with Crippen molar-refractivity contribution in [2.45, 2.75) is 106 Å². The molecule has 73 heavy (non-hydrogen) atoms. The maximum absolute atomic E-state index is 15.7.